The van der Waals surface area contributed by atoms with Gasteiger partial charge in [-0.15, -0.1) is 10.2 Å². The van der Waals surface area contributed by atoms with Crippen LogP contribution in [0.15, 0.2) is 9.64 Å². The maximum Gasteiger partial charge on any atom is 0.277 e. The number of nitrogens with zero attached hydrogens (tertiary/aromatic N) is 4. The van der Waals surface area contributed by atoms with Crippen LogP contribution in [0.25, 0.3) is 0 Å². The average molecular weight is 288 g/mol. The van der Waals surface area contributed by atoms with Gasteiger partial charge in [-0.3, -0.25) is 4.68 Å². The van der Waals surface area contributed by atoms with Crippen molar-refractivity contribution in [1.82, 2.24) is 20.0 Å². The summed E-state index contributed by atoms with van der Waals surface area (Å²) in [5.74, 6) is 1.07. The van der Waals surface area contributed by atoms with E-state index >= 15 is 0 Å². The molecule has 0 spiro atoms. The van der Waals surface area contributed by atoms with Crippen LogP contribution in [-0.2, 0) is 18.8 Å². The van der Waals surface area contributed by atoms with Crippen LogP contribution in [-0.4, -0.2) is 20.0 Å². The Kier molecular flexibility index (Phi) is 4.26. The SMILES string of the molecule is CCn1nc(C)c(Cl)c1CSc1nnc(CN)o1. The van der Waals surface area contributed by atoms with Gasteiger partial charge < -0.3 is 10.2 Å². The summed E-state index contributed by atoms with van der Waals surface area (Å²) in [6.07, 6.45) is 0. The molecule has 0 bridgehead atoms. The summed E-state index contributed by atoms with van der Waals surface area (Å²) in [5, 5.41) is 13.2. The first kappa shape index (κ1) is 13.4. The minimum Gasteiger partial charge on any atom is -0.415 e. The first-order valence-corrected chi connectivity index (χ1v) is 6.89. The molecule has 2 heterocycles. The summed E-state index contributed by atoms with van der Waals surface area (Å²) < 4.78 is 7.20. The number of aromatic nitrogens is 4. The van der Waals surface area contributed by atoms with Crippen LogP contribution in [0.2, 0.25) is 5.02 Å². The van der Waals surface area contributed by atoms with Gasteiger partial charge in [0, 0.05) is 12.3 Å². The Morgan fingerprint density at radius 1 is 1.44 bits per heavy atom. The van der Waals surface area contributed by atoms with Crippen LogP contribution in [0.5, 0.6) is 0 Å². The highest BCUT2D eigenvalue weighted by molar-refractivity contribution is 7.98. The van der Waals surface area contributed by atoms with Gasteiger partial charge in [0.05, 0.1) is 23.0 Å². The van der Waals surface area contributed by atoms with Crippen molar-refractivity contribution < 1.29 is 4.42 Å². The Hall–Kier alpha value is -1.05. The molecule has 18 heavy (non-hydrogen) atoms. The minimum atomic E-state index is 0.250. The Morgan fingerprint density at radius 3 is 2.83 bits per heavy atom. The molecule has 0 aliphatic rings. The third-order valence-electron chi connectivity index (χ3n) is 2.41. The maximum absolute atomic E-state index is 6.21. The fraction of sp³-hybridized carbons (Fsp3) is 0.500. The van der Waals surface area contributed by atoms with Crippen molar-refractivity contribution in [1.29, 1.82) is 0 Å². The number of aryl methyl sites for hydroxylation is 2. The molecule has 2 N–H and O–H groups in total. The highest BCUT2D eigenvalue weighted by Crippen LogP contribution is 2.27. The molecule has 2 aromatic rings. The molecule has 2 aromatic heterocycles. The van der Waals surface area contributed by atoms with Gasteiger partial charge in [0.2, 0.25) is 5.89 Å². The van der Waals surface area contributed by atoms with E-state index in [1.807, 2.05) is 18.5 Å². The molecule has 8 heteroatoms. The fourth-order valence-electron chi connectivity index (χ4n) is 1.52. The Balaban J connectivity index is 2.10. The molecule has 0 amide bonds. The monoisotopic (exact) mass is 287 g/mol. The Morgan fingerprint density at radius 2 is 2.22 bits per heavy atom. The van der Waals surface area contributed by atoms with Crippen molar-refractivity contribution in [2.45, 2.75) is 37.9 Å². The molecule has 0 aliphatic heterocycles. The van der Waals surface area contributed by atoms with E-state index in [9.17, 15) is 0 Å². The fourth-order valence-corrected chi connectivity index (χ4v) is 2.60. The van der Waals surface area contributed by atoms with Crippen molar-refractivity contribution in [2.24, 2.45) is 5.73 Å². The van der Waals surface area contributed by atoms with Gasteiger partial charge in [-0.05, 0) is 13.8 Å². The van der Waals surface area contributed by atoms with Gasteiger partial charge in [0.1, 0.15) is 0 Å². The number of hydrogen-bond acceptors (Lipinski definition) is 6. The molecular formula is C10H14ClN5OS. The lowest BCUT2D eigenvalue weighted by Gasteiger charge is -2.02. The van der Waals surface area contributed by atoms with Gasteiger partial charge >= 0.3 is 0 Å². The van der Waals surface area contributed by atoms with E-state index in [1.165, 1.54) is 11.8 Å². The molecule has 98 valence electrons. The quantitative estimate of drug-likeness (QED) is 0.847. The molecule has 0 atom stereocenters. The molecule has 0 fully saturated rings. The van der Waals surface area contributed by atoms with Gasteiger partial charge in [0.15, 0.2) is 0 Å². The predicted molar refractivity (Wildman–Crippen MR) is 69.4 cm³/mol. The topological polar surface area (TPSA) is 82.8 Å². The third kappa shape index (κ3) is 2.68. The third-order valence-corrected chi connectivity index (χ3v) is 3.73. The summed E-state index contributed by atoms with van der Waals surface area (Å²) in [6.45, 7) is 4.94. The Labute approximate surface area is 114 Å². The highest BCUT2D eigenvalue weighted by Gasteiger charge is 2.14. The summed E-state index contributed by atoms with van der Waals surface area (Å²) >= 11 is 7.63. The molecule has 0 radical (unpaired) electrons. The normalized spacial score (nSPS) is 11.1. The number of halogens is 1. The van der Waals surface area contributed by atoms with Gasteiger partial charge in [-0.2, -0.15) is 5.10 Å². The van der Waals surface area contributed by atoms with Crippen molar-refractivity contribution in [3.63, 3.8) is 0 Å². The molecule has 0 aliphatic carbocycles. The lowest BCUT2D eigenvalue weighted by Crippen LogP contribution is -2.01. The summed E-state index contributed by atoms with van der Waals surface area (Å²) in [6, 6.07) is 0. The standard InChI is InChI=1S/C10H14ClN5OS/c1-3-16-7(9(11)6(2)15-16)5-18-10-14-13-8(4-12)17-10/h3-5,12H2,1-2H3. The van der Waals surface area contributed by atoms with Crippen molar-refractivity contribution in [3.8, 4) is 0 Å². The van der Waals surface area contributed by atoms with Crippen LogP contribution >= 0.6 is 23.4 Å². The summed E-state index contributed by atoms with van der Waals surface area (Å²) in [7, 11) is 0. The van der Waals surface area contributed by atoms with Crippen molar-refractivity contribution in [2.75, 3.05) is 0 Å². The molecule has 0 unspecified atom stereocenters. The second kappa shape index (κ2) is 5.73. The van der Waals surface area contributed by atoms with Gasteiger partial charge in [-0.25, -0.2) is 0 Å². The first-order valence-electron chi connectivity index (χ1n) is 5.52. The lowest BCUT2D eigenvalue weighted by atomic mass is 10.4. The van der Waals surface area contributed by atoms with E-state index in [0.29, 0.717) is 21.9 Å². The summed E-state index contributed by atoms with van der Waals surface area (Å²) in [4.78, 5) is 0. The molecule has 0 saturated carbocycles. The number of nitrogens with two attached hydrogens (primary N) is 1. The van der Waals surface area contributed by atoms with Gasteiger partial charge in [-0.1, -0.05) is 23.4 Å². The average Bonchev–Trinajstić information content (AvgIpc) is 2.94. The van der Waals surface area contributed by atoms with Crippen LogP contribution in [0, 0.1) is 6.92 Å². The zero-order valence-corrected chi connectivity index (χ0v) is 11.8. The predicted octanol–water partition coefficient (Wildman–Crippen LogP) is 2.00. The number of thioether (sulfide) groups is 1. The second-order valence-corrected chi connectivity index (χ2v) is 4.92. The van der Waals surface area contributed by atoms with E-state index in [-0.39, 0.29) is 6.54 Å². The van der Waals surface area contributed by atoms with Crippen LogP contribution < -0.4 is 5.73 Å². The van der Waals surface area contributed by atoms with E-state index < -0.39 is 0 Å². The maximum atomic E-state index is 6.21. The zero-order valence-electron chi connectivity index (χ0n) is 10.2. The highest BCUT2D eigenvalue weighted by atomic mass is 35.5. The second-order valence-electron chi connectivity index (χ2n) is 3.62. The number of hydrogen-bond donors (Lipinski definition) is 1. The molecule has 6 nitrogen and oxygen atoms in total. The molecule has 2 rings (SSSR count). The van der Waals surface area contributed by atoms with Crippen LogP contribution in [0.1, 0.15) is 24.2 Å². The first-order chi connectivity index (χ1) is 8.65. The van der Waals surface area contributed by atoms with Crippen LogP contribution in [0.4, 0.5) is 0 Å². The van der Waals surface area contributed by atoms with Crippen molar-refractivity contribution >= 4 is 23.4 Å². The zero-order chi connectivity index (χ0) is 13.1. The molecule has 0 saturated heterocycles. The minimum absolute atomic E-state index is 0.250. The van der Waals surface area contributed by atoms with Crippen LogP contribution in [0.3, 0.4) is 0 Å². The van der Waals surface area contributed by atoms with E-state index in [2.05, 4.69) is 15.3 Å². The lowest BCUT2D eigenvalue weighted by molar-refractivity contribution is 0.414. The van der Waals surface area contributed by atoms with E-state index in [0.717, 1.165) is 17.9 Å². The molecular weight excluding hydrogens is 274 g/mol. The van der Waals surface area contributed by atoms with Crippen molar-refractivity contribution in [3.05, 3.63) is 22.3 Å². The number of rotatable bonds is 5. The smallest absolute Gasteiger partial charge is 0.277 e. The van der Waals surface area contributed by atoms with E-state index in [1.54, 1.807) is 0 Å². The van der Waals surface area contributed by atoms with Gasteiger partial charge in [0.25, 0.3) is 5.22 Å². The largest absolute Gasteiger partial charge is 0.415 e. The summed E-state index contributed by atoms with van der Waals surface area (Å²) in [5.41, 5.74) is 7.21. The molecule has 0 aromatic carbocycles. The van der Waals surface area contributed by atoms with E-state index in [4.69, 9.17) is 21.8 Å². The Bertz CT molecular complexity index is 538.